The van der Waals surface area contributed by atoms with Crippen molar-refractivity contribution in [3.8, 4) is 6.07 Å². The van der Waals surface area contributed by atoms with Crippen molar-refractivity contribution in [1.29, 1.82) is 5.26 Å². The van der Waals surface area contributed by atoms with Crippen molar-refractivity contribution < 1.29 is 4.79 Å². The van der Waals surface area contributed by atoms with Gasteiger partial charge in [0.15, 0.2) is 0 Å². The van der Waals surface area contributed by atoms with E-state index in [9.17, 15) is 4.79 Å². The van der Waals surface area contributed by atoms with Gasteiger partial charge < -0.3 is 0 Å². The molecule has 23 heavy (non-hydrogen) atoms. The van der Waals surface area contributed by atoms with Crippen LogP contribution >= 0.6 is 0 Å². The molecule has 4 aliphatic rings. The molecular weight excluding hydrogens is 282 g/mol. The molecule has 4 fully saturated rings. The summed E-state index contributed by atoms with van der Waals surface area (Å²) < 4.78 is 0. The number of carbonyl (C=O) groups excluding carboxylic acids is 1. The molecule has 0 saturated heterocycles. The van der Waals surface area contributed by atoms with Gasteiger partial charge in [-0.25, -0.2) is 0 Å². The fourth-order valence-electron chi connectivity index (χ4n) is 7.27. The van der Waals surface area contributed by atoms with Crippen LogP contribution in [0.25, 0.3) is 0 Å². The molecule has 6 atom stereocenters. The third kappa shape index (κ3) is 2.01. The van der Waals surface area contributed by atoms with Gasteiger partial charge in [-0.2, -0.15) is 5.26 Å². The lowest BCUT2D eigenvalue weighted by atomic mass is 9.45. The van der Waals surface area contributed by atoms with Crippen molar-refractivity contribution >= 4 is 5.78 Å². The molecule has 0 N–H and O–H groups in total. The summed E-state index contributed by atoms with van der Waals surface area (Å²) in [4.78, 5) is 13.3. The molecule has 0 heterocycles. The Morgan fingerprint density at radius 2 is 2.00 bits per heavy atom. The molecule has 4 saturated carbocycles. The number of hydrogen-bond acceptors (Lipinski definition) is 2. The Kier molecular flexibility index (Phi) is 3.49. The molecule has 124 valence electrons. The second-order valence-corrected chi connectivity index (χ2v) is 9.17. The van der Waals surface area contributed by atoms with Crippen LogP contribution in [0.15, 0.2) is 11.6 Å². The van der Waals surface area contributed by atoms with E-state index in [1.807, 2.05) is 0 Å². The molecule has 4 rings (SSSR count). The van der Waals surface area contributed by atoms with Gasteiger partial charge in [0.2, 0.25) is 0 Å². The molecule has 0 spiro atoms. The van der Waals surface area contributed by atoms with Gasteiger partial charge >= 0.3 is 0 Å². The highest BCUT2D eigenvalue weighted by molar-refractivity contribution is 5.85. The highest BCUT2D eigenvalue weighted by Crippen LogP contribution is 2.66. The van der Waals surface area contributed by atoms with Gasteiger partial charge in [0, 0.05) is 18.4 Å². The maximum absolute atomic E-state index is 13.3. The van der Waals surface area contributed by atoms with Crippen molar-refractivity contribution in [2.45, 2.75) is 71.6 Å². The van der Waals surface area contributed by atoms with Gasteiger partial charge in [-0.05, 0) is 67.1 Å². The molecule has 0 radical (unpaired) electrons. The zero-order chi connectivity index (χ0) is 16.2. The maximum atomic E-state index is 13.3. The van der Waals surface area contributed by atoms with Gasteiger partial charge in [-0.1, -0.05) is 32.3 Å². The smallest absolute Gasteiger partial charge is 0.137 e. The highest BCUT2D eigenvalue weighted by Gasteiger charge is 2.61. The van der Waals surface area contributed by atoms with Crippen LogP contribution in [0.1, 0.15) is 71.6 Å². The zero-order valence-electron chi connectivity index (χ0n) is 14.6. The van der Waals surface area contributed by atoms with Crippen LogP contribution in [0.5, 0.6) is 0 Å². The lowest BCUT2D eigenvalue weighted by Crippen LogP contribution is -2.56. The van der Waals surface area contributed by atoms with Gasteiger partial charge in [0.05, 0.1) is 6.07 Å². The van der Waals surface area contributed by atoms with Gasteiger partial charge in [0.25, 0.3) is 0 Å². The van der Waals surface area contributed by atoms with Gasteiger partial charge in [-0.15, -0.1) is 0 Å². The number of allylic oxidation sites excluding steroid dienone is 2. The van der Waals surface area contributed by atoms with E-state index in [-0.39, 0.29) is 10.8 Å². The van der Waals surface area contributed by atoms with Crippen molar-refractivity contribution in [2.75, 3.05) is 0 Å². The largest absolute Gasteiger partial charge is 0.299 e. The quantitative estimate of drug-likeness (QED) is 0.587. The summed E-state index contributed by atoms with van der Waals surface area (Å²) in [5, 5.41) is 9.11. The minimum Gasteiger partial charge on any atom is -0.299 e. The molecule has 0 aromatic rings. The third-order valence-electron chi connectivity index (χ3n) is 8.36. The van der Waals surface area contributed by atoms with Crippen molar-refractivity contribution in [1.82, 2.24) is 0 Å². The summed E-state index contributed by atoms with van der Waals surface area (Å²) in [6, 6.07) is 2.23. The number of Topliss-reactive ketones (excluding diaryl/α,β-unsaturated/α-hetero) is 1. The second-order valence-electron chi connectivity index (χ2n) is 9.17. The first-order chi connectivity index (χ1) is 11.0. The Balaban J connectivity index is 1.72. The predicted molar refractivity (Wildman–Crippen MR) is 90.4 cm³/mol. The molecule has 0 bridgehead atoms. The fraction of sp³-hybridized carbons (Fsp3) is 0.810. The topological polar surface area (TPSA) is 40.9 Å². The van der Waals surface area contributed by atoms with Crippen LogP contribution in [-0.2, 0) is 4.79 Å². The number of ketones is 1. The average Bonchev–Trinajstić information content (AvgIpc) is 2.83. The lowest BCUT2D eigenvalue weighted by molar-refractivity contribution is -0.153. The zero-order valence-corrected chi connectivity index (χ0v) is 14.6. The van der Waals surface area contributed by atoms with E-state index in [2.05, 4.69) is 19.9 Å². The van der Waals surface area contributed by atoms with Gasteiger partial charge in [-0.3, -0.25) is 4.79 Å². The summed E-state index contributed by atoms with van der Waals surface area (Å²) in [5.74, 6) is 2.81. The molecule has 5 unspecified atom stereocenters. The predicted octanol–water partition coefficient (Wildman–Crippen LogP) is 5.05. The monoisotopic (exact) mass is 311 g/mol. The summed E-state index contributed by atoms with van der Waals surface area (Å²) >= 11 is 0. The van der Waals surface area contributed by atoms with E-state index in [4.69, 9.17) is 5.26 Å². The van der Waals surface area contributed by atoms with Crippen LogP contribution in [0.3, 0.4) is 0 Å². The van der Waals surface area contributed by atoms with E-state index in [1.165, 1.54) is 50.5 Å². The number of fused-ring (bicyclic) bond motifs is 5. The average molecular weight is 311 g/mol. The van der Waals surface area contributed by atoms with E-state index in [0.717, 1.165) is 12.3 Å². The Morgan fingerprint density at radius 3 is 2.78 bits per heavy atom. The molecule has 2 nitrogen and oxygen atoms in total. The van der Waals surface area contributed by atoms with E-state index < -0.39 is 0 Å². The summed E-state index contributed by atoms with van der Waals surface area (Å²) in [6.07, 6.45) is 12.5. The Hall–Kier alpha value is -1.10. The number of nitrogens with zero attached hydrogens (tertiary/aromatic N) is 1. The second kappa shape index (κ2) is 5.20. The number of carbonyl (C=O) groups is 1. The Morgan fingerprint density at radius 1 is 1.17 bits per heavy atom. The molecule has 0 aromatic carbocycles. The van der Waals surface area contributed by atoms with Crippen molar-refractivity contribution in [3.05, 3.63) is 11.6 Å². The van der Waals surface area contributed by atoms with E-state index in [0.29, 0.717) is 30.0 Å². The molecule has 0 aromatic heterocycles. The fourth-order valence-corrected chi connectivity index (χ4v) is 7.27. The minimum absolute atomic E-state index is 0.0220. The molecule has 4 aliphatic carbocycles. The summed E-state index contributed by atoms with van der Waals surface area (Å²) in [6.45, 7) is 4.71. The first-order valence-corrected chi connectivity index (χ1v) is 9.62. The SMILES string of the molecule is CC12CCCCC1CCC1C2C(=O)C[C@]2(C)/C(=C\C#N)CCC12. The van der Waals surface area contributed by atoms with Crippen LogP contribution in [0.2, 0.25) is 0 Å². The minimum atomic E-state index is -0.0220. The first-order valence-electron chi connectivity index (χ1n) is 9.62. The Labute approximate surface area is 140 Å². The lowest BCUT2D eigenvalue weighted by Gasteiger charge is -2.59. The number of hydrogen-bond donors (Lipinski definition) is 0. The number of rotatable bonds is 0. The van der Waals surface area contributed by atoms with E-state index in [1.54, 1.807) is 6.08 Å². The standard InChI is InChI=1S/C21H29NO/c1-20-11-4-3-5-14(20)6-8-16-17-9-7-15(10-12-22)21(17,2)13-18(23)19(16)20/h10,14,16-17,19H,3-9,11,13H2,1-2H3/b15-10-/t14?,16?,17?,19?,20?,21-/m1/s1. The normalized spacial score (nSPS) is 50.8. The third-order valence-corrected chi connectivity index (χ3v) is 8.36. The molecular formula is C21H29NO. The maximum Gasteiger partial charge on any atom is 0.137 e. The molecule has 2 heteroatoms. The molecule has 0 aliphatic heterocycles. The van der Waals surface area contributed by atoms with Crippen LogP contribution in [0.4, 0.5) is 0 Å². The van der Waals surface area contributed by atoms with Crippen LogP contribution in [-0.4, -0.2) is 5.78 Å². The Bertz CT molecular complexity index is 599. The van der Waals surface area contributed by atoms with Crippen molar-refractivity contribution in [2.24, 2.45) is 34.5 Å². The van der Waals surface area contributed by atoms with Gasteiger partial charge in [0.1, 0.15) is 5.78 Å². The molecule has 0 amide bonds. The highest BCUT2D eigenvalue weighted by atomic mass is 16.1. The number of nitriles is 1. The van der Waals surface area contributed by atoms with Crippen LogP contribution in [0, 0.1) is 45.8 Å². The van der Waals surface area contributed by atoms with Crippen LogP contribution < -0.4 is 0 Å². The summed E-state index contributed by atoms with van der Waals surface area (Å²) in [5.41, 5.74) is 1.50. The first kappa shape index (κ1) is 15.4. The van der Waals surface area contributed by atoms with E-state index >= 15 is 0 Å². The summed E-state index contributed by atoms with van der Waals surface area (Å²) in [7, 11) is 0. The van der Waals surface area contributed by atoms with Crippen molar-refractivity contribution in [3.63, 3.8) is 0 Å².